The van der Waals surface area contributed by atoms with Crippen LogP contribution in [0.15, 0.2) is 51.8 Å². The number of pyridine rings is 1. The number of ether oxygens (including phenoxy) is 1. The van der Waals surface area contributed by atoms with Gasteiger partial charge in [0.2, 0.25) is 0 Å². The molecule has 6 heteroatoms. The van der Waals surface area contributed by atoms with Crippen LogP contribution in [0, 0.1) is 0 Å². The molecule has 2 heterocycles. The maximum atomic E-state index is 12.4. The monoisotopic (exact) mass is 340 g/mol. The van der Waals surface area contributed by atoms with Crippen LogP contribution >= 0.6 is 0 Å². The molecule has 0 saturated carbocycles. The molecule has 2 aromatic heterocycles. The zero-order chi connectivity index (χ0) is 18.0. The zero-order valence-electron chi connectivity index (χ0n) is 14.4. The van der Waals surface area contributed by atoms with Crippen LogP contribution in [-0.2, 0) is 7.05 Å². The first kappa shape index (κ1) is 16.8. The molecule has 25 heavy (non-hydrogen) atoms. The Balaban J connectivity index is 1.83. The molecule has 0 spiro atoms. The second-order valence-electron chi connectivity index (χ2n) is 5.82. The van der Waals surface area contributed by atoms with Gasteiger partial charge in [0.15, 0.2) is 11.3 Å². The van der Waals surface area contributed by atoms with Crippen molar-refractivity contribution in [2.75, 3.05) is 6.61 Å². The van der Waals surface area contributed by atoms with Crippen molar-refractivity contribution in [1.29, 1.82) is 0 Å². The van der Waals surface area contributed by atoms with Gasteiger partial charge in [-0.25, -0.2) is 0 Å². The minimum atomic E-state index is -0.349. The fraction of sp³-hybridized carbons (Fsp3) is 0.263. The number of furan rings is 1. The lowest BCUT2D eigenvalue weighted by molar-refractivity contribution is 0.0935. The third-order valence-electron chi connectivity index (χ3n) is 3.97. The number of carbonyl (C=O) groups excluding carboxylic acids is 1. The molecule has 0 radical (unpaired) electrons. The van der Waals surface area contributed by atoms with Crippen molar-refractivity contribution in [3.05, 3.63) is 64.3 Å². The Morgan fingerprint density at radius 2 is 2.12 bits per heavy atom. The van der Waals surface area contributed by atoms with Gasteiger partial charge in [0, 0.05) is 30.3 Å². The van der Waals surface area contributed by atoms with Crippen LogP contribution in [0.5, 0.6) is 5.75 Å². The van der Waals surface area contributed by atoms with Crippen molar-refractivity contribution in [1.82, 2.24) is 9.88 Å². The van der Waals surface area contributed by atoms with Gasteiger partial charge in [-0.05, 0) is 32.0 Å². The smallest absolute Gasteiger partial charge is 0.252 e. The second-order valence-corrected chi connectivity index (χ2v) is 5.82. The molecule has 1 aromatic carbocycles. The number of hydrogen-bond acceptors (Lipinski definition) is 4. The van der Waals surface area contributed by atoms with Gasteiger partial charge in [-0.15, -0.1) is 0 Å². The zero-order valence-corrected chi connectivity index (χ0v) is 14.4. The van der Waals surface area contributed by atoms with Gasteiger partial charge in [0.05, 0.1) is 12.6 Å². The third kappa shape index (κ3) is 3.42. The van der Waals surface area contributed by atoms with E-state index in [1.54, 1.807) is 19.3 Å². The molecule has 1 unspecified atom stereocenters. The Labute approximate surface area is 145 Å². The van der Waals surface area contributed by atoms with E-state index in [2.05, 4.69) is 5.32 Å². The van der Waals surface area contributed by atoms with Crippen LogP contribution in [0.1, 0.15) is 36.0 Å². The minimum Gasteiger partial charge on any atom is -0.490 e. The standard InChI is InChI=1S/C19H20N2O4/c1-4-24-15-7-5-6-13-10-16(25-18(13)15)12(2)20-19(23)14-8-9-21(3)17(22)11-14/h5-12H,4H2,1-3H3,(H,20,23). The van der Waals surface area contributed by atoms with Crippen LogP contribution in [0.3, 0.4) is 0 Å². The van der Waals surface area contributed by atoms with Crippen molar-refractivity contribution in [2.24, 2.45) is 7.05 Å². The normalized spacial score (nSPS) is 12.1. The summed E-state index contributed by atoms with van der Waals surface area (Å²) < 4.78 is 12.9. The average Bonchev–Trinajstić information content (AvgIpc) is 3.03. The average molecular weight is 340 g/mol. The van der Waals surface area contributed by atoms with E-state index < -0.39 is 0 Å². The fourth-order valence-electron chi connectivity index (χ4n) is 2.58. The van der Waals surface area contributed by atoms with E-state index in [0.29, 0.717) is 29.3 Å². The van der Waals surface area contributed by atoms with Crippen molar-refractivity contribution < 1.29 is 13.9 Å². The van der Waals surface area contributed by atoms with E-state index >= 15 is 0 Å². The first-order chi connectivity index (χ1) is 12.0. The van der Waals surface area contributed by atoms with Crippen LogP contribution in [0.25, 0.3) is 11.0 Å². The van der Waals surface area contributed by atoms with E-state index in [0.717, 1.165) is 5.39 Å². The van der Waals surface area contributed by atoms with Crippen LogP contribution in [0.4, 0.5) is 0 Å². The van der Waals surface area contributed by atoms with Crippen molar-refractivity contribution in [3.8, 4) is 5.75 Å². The summed E-state index contributed by atoms with van der Waals surface area (Å²) in [4.78, 5) is 24.0. The Morgan fingerprint density at radius 3 is 2.84 bits per heavy atom. The fourth-order valence-corrected chi connectivity index (χ4v) is 2.58. The summed E-state index contributed by atoms with van der Waals surface area (Å²) in [5, 5.41) is 3.76. The number of hydrogen-bond donors (Lipinski definition) is 1. The lowest BCUT2D eigenvalue weighted by Crippen LogP contribution is -2.28. The predicted molar refractivity (Wildman–Crippen MR) is 94.9 cm³/mol. The number of fused-ring (bicyclic) bond motifs is 1. The number of nitrogens with zero attached hydrogens (tertiary/aromatic N) is 1. The molecule has 130 valence electrons. The summed E-state index contributed by atoms with van der Waals surface area (Å²) in [5.74, 6) is 0.978. The SMILES string of the molecule is CCOc1cccc2cc(C(C)NC(=O)c3ccn(C)c(=O)c3)oc12. The second kappa shape index (κ2) is 6.84. The quantitative estimate of drug-likeness (QED) is 0.775. The van der Waals surface area contributed by atoms with Gasteiger partial charge in [0.25, 0.3) is 11.5 Å². The van der Waals surface area contributed by atoms with Gasteiger partial charge < -0.3 is 19.0 Å². The summed E-state index contributed by atoms with van der Waals surface area (Å²) in [6.45, 7) is 4.29. The Morgan fingerprint density at radius 1 is 1.32 bits per heavy atom. The maximum Gasteiger partial charge on any atom is 0.252 e. The highest BCUT2D eigenvalue weighted by Gasteiger charge is 2.17. The van der Waals surface area contributed by atoms with Crippen LogP contribution in [-0.4, -0.2) is 17.1 Å². The minimum absolute atomic E-state index is 0.231. The van der Waals surface area contributed by atoms with E-state index in [9.17, 15) is 9.59 Å². The lowest BCUT2D eigenvalue weighted by atomic mass is 10.2. The first-order valence-electron chi connectivity index (χ1n) is 8.12. The Kier molecular flexibility index (Phi) is 4.61. The highest BCUT2D eigenvalue weighted by atomic mass is 16.5. The highest BCUT2D eigenvalue weighted by Crippen LogP contribution is 2.31. The van der Waals surface area contributed by atoms with Gasteiger partial charge in [-0.2, -0.15) is 0 Å². The van der Waals surface area contributed by atoms with Gasteiger partial charge >= 0.3 is 0 Å². The molecule has 3 rings (SSSR count). The summed E-state index contributed by atoms with van der Waals surface area (Å²) in [6, 6.07) is 10.1. The molecule has 3 aromatic rings. The van der Waals surface area contributed by atoms with E-state index in [-0.39, 0.29) is 17.5 Å². The number of amides is 1. The van der Waals surface area contributed by atoms with E-state index in [1.165, 1.54) is 10.6 Å². The van der Waals surface area contributed by atoms with Crippen molar-refractivity contribution >= 4 is 16.9 Å². The molecule has 0 bridgehead atoms. The molecule has 1 N–H and O–H groups in total. The van der Waals surface area contributed by atoms with Gasteiger partial charge in [0.1, 0.15) is 5.76 Å². The summed E-state index contributed by atoms with van der Waals surface area (Å²) in [5.41, 5.74) is 0.750. The van der Waals surface area contributed by atoms with Gasteiger partial charge in [-0.1, -0.05) is 12.1 Å². The lowest BCUT2D eigenvalue weighted by Gasteiger charge is -2.11. The maximum absolute atomic E-state index is 12.4. The molecular weight excluding hydrogens is 320 g/mol. The topological polar surface area (TPSA) is 73.5 Å². The highest BCUT2D eigenvalue weighted by molar-refractivity contribution is 5.94. The molecule has 0 saturated heterocycles. The summed E-state index contributed by atoms with van der Waals surface area (Å²) in [7, 11) is 1.64. The molecule has 0 aliphatic rings. The Hall–Kier alpha value is -3.02. The summed E-state index contributed by atoms with van der Waals surface area (Å²) >= 11 is 0. The number of aromatic nitrogens is 1. The van der Waals surface area contributed by atoms with E-state index in [1.807, 2.05) is 38.1 Å². The molecule has 1 amide bonds. The number of carbonyl (C=O) groups is 1. The number of aryl methyl sites for hydroxylation is 1. The largest absolute Gasteiger partial charge is 0.490 e. The number of benzene rings is 1. The van der Waals surface area contributed by atoms with Gasteiger partial charge in [-0.3, -0.25) is 9.59 Å². The van der Waals surface area contributed by atoms with Crippen molar-refractivity contribution in [3.63, 3.8) is 0 Å². The Bertz CT molecular complexity index is 971. The predicted octanol–water partition coefficient (Wildman–Crippen LogP) is 3.02. The van der Waals surface area contributed by atoms with Crippen LogP contribution in [0.2, 0.25) is 0 Å². The van der Waals surface area contributed by atoms with Crippen LogP contribution < -0.4 is 15.6 Å². The molecule has 0 aliphatic heterocycles. The molecule has 0 fully saturated rings. The number of rotatable bonds is 5. The molecule has 0 aliphatic carbocycles. The number of nitrogens with one attached hydrogen (secondary N) is 1. The third-order valence-corrected chi connectivity index (χ3v) is 3.97. The van der Waals surface area contributed by atoms with E-state index in [4.69, 9.17) is 9.15 Å². The van der Waals surface area contributed by atoms with Crippen molar-refractivity contribution in [2.45, 2.75) is 19.9 Å². The molecule has 6 nitrogen and oxygen atoms in total. The first-order valence-corrected chi connectivity index (χ1v) is 8.12. The summed E-state index contributed by atoms with van der Waals surface area (Å²) in [6.07, 6.45) is 1.57. The molecule has 1 atom stereocenters. The number of para-hydroxylation sites is 1. The molecular formula is C19H20N2O4.